The molecule has 0 aliphatic rings. The van der Waals surface area contributed by atoms with Gasteiger partial charge in [-0.2, -0.15) is 8.42 Å². The third-order valence-electron chi connectivity index (χ3n) is 0.973. The molecule has 0 atom stereocenters. The van der Waals surface area contributed by atoms with Crippen LogP contribution in [0.5, 0.6) is 0 Å². The molecule has 1 aromatic rings. The summed E-state index contributed by atoms with van der Waals surface area (Å²) in [7, 11) is -4.32. The molecule has 1 rings (SSSR count). The fourth-order valence-electron chi connectivity index (χ4n) is 0.536. The molecule has 1 aromatic heterocycles. The summed E-state index contributed by atoms with van der Waals surface area (Å²) >= 11 is 0. The molecule has 7 heteroatoms. The Balaban J connectivity index is 0. The van der Waals surface area contributed by atoms with Gasteiger partial charge in [-0.25, -0.2) is 0 Å². The van der Waals surface area contributed by atoms with Gasteiger partial charge in [0, 0.05) is 0 Å². The molecule has 0 spiro atoms. The second-order valence-electron chi connectivity index (χ2n) is 1.75. The number of rotatable bonds is 2. The van der Waals surface area contributed by atoms with Crippen LogP contribution in [0.2, 0.25) is 0 Å². The van der Waals surface area contributed by atoms with E-state index in [1.807, 2.05) is 0 Å². The Morgan fingerprint density at radius 3 is 2.33 bits per heavy atom. The van der Waals surface area contributed by atoms with Gasteiger partial charge in [-0.15, -0.1) is 0 Å². The fourth-order valence-corrected chi connectivity index (χ4v) is 0.978. The summed E-state index contributed by atoms with van der Waals surface area (Å²) in [6.45, 7) is 0. The molecule has 62 valence electrons. The second kappa shape index (κ2) is 4.65. The van der Waals surface area contributed by atoms with Crippen LogP contribution in [-0.2, 0) is 10.1 Å². The quantitative estimate of drug-likeness (QED) is 0.334. The molecule has 0 saturated carbocycles. The minimum absolute atomic E-state index is 0. The topological polar surface area (TPSA) is 84.6 Å². The van der Waals surface area contributed by atoms with E-state index in [0.717, 1.165) is 12.1 Å². The molecule has 1 heterocycles. The number of furan rings is 1. The van der Waals surface area contributed by atoms with E-state index in [0.29, 0.717) is 6.29 Å². The van der Waals surface area contributed by atoms with Crippen LogP contribution >= 0.6 is 0 Å². The van der Waals surface area contributed by atoms with E-state index >= 15 is 0 Å². The summed E-state index contributed by atoms with van der Waals surface area (Å²) in [6, 6.07) is 2.15. The van der Waals surface area contributed by atoms with Crippen molar-refractivity contribution >= 4 is 16.4 Å². The second-order valence-corrected chi connectivity index (χ2v) is 3.10. The standard InChI is InChI=1S/C5H4O5S.K.H/c6-3-4-1-2-5(10-4)11(7,8)9;;/h1-3H,(H,7,8,9);;/q;+1;-1. The summed E-state index contributed by atoms with van der Waals surface area (Å²) in [4.78, 5) is 9.98. The van der Waals surface area contributed by atoms with Crippen molar-refractivity contribution in [2.75, 3.05) is 0 Å². The van der Waals surface area contributed by atoms with E-state index in [2.05, 4.69) is 4.42 Å². The molecule has 0 unspecified atom stereocenters. The number of carbonyl (C=O) groups is 1. The van der Waals surface area contributed by atoms with Gasteiger partial charge in [0.25, 0.3) is 0 Å². The summed E-state index contributed by atoms with van der Waals surface area (Å²) in [5, 5.41) is -0.625. The van der Waals surface area contributed by atoms with Crippen LogP contribution in [0.25, 0.3) is 0 Å². The first kappa shape index (κ1) is 12.5. The van der Waals surface area contributed by atoms with Crippen molar-refractivity contribution in [2.24, 2.45) is 0 Å². The van der Waals surface area contributed by atoms with E-state index < -0.39 is 15.2 Å². The number of hydrogen-bond acceptors (Lipinski definition) is 4. The molecule has 12 heavy (non-hydrogen) atoms. The predicted octanol–water partition coefficient (Wildman–Crippen LogP) is -2.54. The van der Waals surface area contributed by atoms with Crippen LogP contribution in [0.4, 0.5) is 0 Å². The zero-order valence-corrected chi connectivity index (χ0v) is 10.2. The van der Waals surface area contributed by atoms with Crippen molar-refractivity contribution in [3.8, 4) is 0 Å². The zero-order chi connectivity index (χ0) is 8.48. The molecule has 0 fully saturated rings. The molecule has 1 N–H and O–H groups in total. The minimum atomic E-state index is -4.32. The Kier molecular flexibility index (Phi) is 4.85. The fraction of sp³-hybridized carbons (Fsp3) is 0. The SMILES string of the molecule is O=Cc1ccc(S(=O)(=O)O)o1.[H-].[K+]. The van der Waals surface area contributed by atoms with Crippen LogP contribution in [0.15, 0.2) is 21.6 Å². The molecule has 0 saturated heterocycles. The Morgan fingerprint density at radius 1 is 1.50 bits per heavy atom. The van der Waals surface area contributed by atoms with Crippen molar-refractivity contribution in [1.29, 1.82) is 0 Å². The van der Waals surface area contributed by atoms with E-state index in [1.54, 1.807) is 0 Å². The van der Waals surface area contributed by atoms with Crippen molar-refractivity contribution < 1.29 is 75.0 Å². The van der Waals surface area contributed by atoms with E-state index in [1.165, 1.54) is 0 Å². The molecular weight excluding hydrogens is 211 g/mol. The Bertz CT molecular complexity index is 370. The molecular formula is C5H5KO5S. The first-order valence-electron chi connectivity index (χ1n) is 2.56. The Morgan fingerprint density at radius 2 is 2.08 bits per heavy atom. The molecule has 0 aliphatic carbocycles. The van der Waals surface area contributed by atoms with Crippen molar-refractivity contribution in [3.05, 3.63) is 17.9 Å². The summed E-state index contributed by atoms with van der Waals surface area (Å²) < 4.78 is 33.4. The van der Waals surface area contributed by atoms with Gasteiger partial charge < -0.3 is 5.84 Å². The first-order chi connectivity index (χ1) is 5.04. The van der Waals surface area contributed by atoms with E-state index in [9.17, 15) is 13.2 Å². The summed E-state index contributed by atoms with van der Waals surface area (Å²) in [5.74, 6) is -0.141. The van der Waals surface area contributed by atoms with Gasteiger partial charge in [-0.1, -0.05) is 0 Å². The molecule has 0 bridgehead atoms. The molecule has 0 radical (unpaired) electrons. The van der Waals surface area contributed by atoms with Crippen molar-refractivity contribution in [2.45, 2.75) is 5.09 Å². The summed E-state index contributed by atoms with van der Waals surface area (Å²) in [6.07, 6.45) is 0.342. The Hall–Kier alpha value is 0.496. The van der Waals surface area contributed by atoms with Crippen molar-refractivity contribution in [1.82, 2.24) is 0 Å². The van der Waals surface area contributed by atoms with Crippen LogP contribution in [0.1, 0.15) is 12.0 Å². The maximum atomic E-state index is 10.3. The third kappa shape index (κ3) is 3.09. The van der Waals surface area contributed by atoms with Crippen LogP contribution in [-0.4, -0.2) is 19.3 Å². The van der Waals surface area contributed by atoms with Gasteiger partial charge in [-0.05, 0) is 12.1 Å². The monoisotopic (exact) mass is 216 g/mol. The first-order valence-corrected chi connectivity index (χ1v) is 4.00. The minimum Gasteiger partial charge on any atom is -1.00 e. The van der Waals surface area contributed by atoms with Crippen LogP contribution in [0.3, 0.4) is 0 Å². The van der Waals surface area contributed by atoms with Crippen LogP contribution < -0.4 is 51.4 Å². The average molecular weight is 216 g/mol. The number of hydrogen-bond donors (Lipinski definition) is 1. The third-order valence-corrected chi connectivity index (χ3v) is 1.70. The maximum absolute atomic E-state index is 10.3. The predicted molar refractivity (Wildman–Crippen MR) is 35.0 cm³/mol. The normalized spacial score (nSPS) is 10.4. The van der Waals surface area contributed by atoms with Gasteiger partial charge in [0.15, 0.2) is 12.0 Å². The molecule has 5 nitrogen and oxygen atoms in total. The van der Waals surface area contributed by atoms with Gasteiger partial charge in [-0.3, -0.25) is 9.35 Å². The van der Waals surface area contributed by atoms with Gasteiger partial charge in [0.05, 0.1) is 0 Å². The van der Waals surface area contributed by atoms with E-state index in [-0.39, 0.29) is 58.6 Å². The maximum Gasteiger partial charge on any atom is 1.00 e. The Labute approximate surface area is 113 Å². The van der Waals surface area contributed by atoms with Gasteiger partial charge in [0.1, 0.15) is 0 Å². The smallest absolute Gasteiger partial charge is 1.00 e. The zero-order valence-electron chi connectivity index (χ0n) is 7.22. The molecule has 0 aromatic carbocycles. The largest absolute Gasteiger partial charge is 1.00 e. The number of carbonyl (C=O) groups excluding carboxylic acids is 1. The van der Waals surface area contributed by atoms with Crippen molar-refractivity contribution in [3.63, 3.8) is 0 Å². The summed E-state index contributed by atoms with van der Waals surface area (Å²) in [5.41, 5.74) is 0. The van der Waals surface area contributed by atoms with Gasteiger partial charge in [0.2, 0.25) is 5.09 Å². The molecule has 0 amide bonds. The number of aldehydes is 1. The van der Waals surface area contributed by atoms with Crippen LogP contribution in [0, 0.1) is 0 Å². The van der Waals surface area contributed by atoms with Gasteiger partial charge >= 0.3 is 61.5 Å². The average Bonchev–Trinajstić information content (AvgIpc) is 2.32. The molecule has 0 aliphatic heterocycles. The van der Waals surface area contributed by atoms with E-state index in [4.69, 9.17) is 4.55 Å².